The van der Waals surface area contributed by atoms with E-state index >= 15 is 0 Å². The first-order valence-electron chi connectivity index (χ1n) is 7.48. The molecule has 0 heterocycles. The van der Waals surface area contributed by atoms with Gasteiger partial charge in [0.05, 0.1) is 9.98 Å². The molecule has 0 spiro atoms. The summed E-state index contributed by atoms with van der Waals surface area (Å²) in [5, 5.41) is 3.03. The highest BCUT2D eigenvalue weighted by atomic mass is 32.1. The van der Waals surface area contributed by atoms with Crippen LogP contribution in [0.4, 0.5) is 0 Å². The van der Waals surface area contributed by atoms with Gasteiger partial charge in [0.25, 0.3) is 0 Å². The molecule has 1 aliphatic rings. The monoisotopic (exact) mass is 344 g/mol. The van der Waals surface area contributed by atoms with E-state index in [9.17, 15) is 9.59 Å². The molecular formula is C14H24N4O2S2. The summed E-state index contributed by atoms with van der Waals surface area (Å²) in [4.78, 5) is 25.0. The van der Waals surface area contributed by atoms with Crippen LogP contribution in [0.5, 0.6) is 0 Å². The number of thiocarbonyl (C=S) groups is 2. The van der Waals surface area contributed by atoms with Gasteiger partial charge < -0.3 is 0 Å². The fourth-order valence-corrected chi connectivity index (χ4v) is 2.29. The van der Waals surface area contributed by atoms with E-state index in [0.717, 1.165) is 32.1 Å². The number of carbonyl (C=O) groups is 2. The Morgan fingerprint density at radius 3 is 2.14 bits per heavy atom. The Hall–Kier alpha value is -1.28. The SMILES string of the molecule is CCCCC(=S)N(C)NC(=O)CC(=O)NN(C)C(=S)C1CC1. The Morgan fingerprint density at radius 2 is 1.64 bits per heavy atom. The maximum atomic E-state index is 11.8. The van der Waals surface area contributed by atoms with E-state index in [0.29, 0.717) is 15.9 Å². The van der Waals surface area contributed by atoms with E-state index < -0.39 is 11.8 Å². The van der Waals surface area contributed by atoms with Crippen LogP contribution in [-0.2, 0) is 9.59 Å². The third kappa shape index (κ3) is 6.65. The molecule has 0 unspecified atom stereocenters. The molecule has 0 aromatic rings. The quantitative estimate of drug-likeness (QED) is 0.433. The van der Waals surface area contributed by atoms with Crippen molar-refractivity contribution in [3.8, 4) is 0 Å². The van der Waals surface area contributed by atoms with Crippen LogP contribution in [0.25, 0.3) is 0 Å². The fourth-order valence-electron chi connectivity index (χ4n) is 1.82. The second-order valence-electron chi connectivity index (χ2n) is 5.47. The molecule has 8 heteroatoms. The van der Waals surface area contributed by atoms with Gasteiger partial charge in [0.15, 0.2) is 0 Å². The number of unbranched alkanes of at least 4 members (excludes halogenated alkanes) is 1. The van der Waals surface area contributed by atoms with Crippen LogP contribution in [0.3, 0.4) is 0 Å². The molecule has 2 N–H and O–H groups in total. The van der Waals surface area contributed by atoms with Crippen LogP contribution in [-0.4, -0.2) is 45.9 Å². The Morgan fingerprint density at radius 1 is 1.09 bits per heavy atom. The van der Waals surface area contributed by atoms with Crippen molar-refractivity contribution in [2.24, 2.45) is 5.92 Å². The highest BCUT2D eigenvalue weighted by molar-refractivity contribution is 7.80. The van der Waals surface area contributed by atoms with Gasteiger partial charge in [-0.05, 0) is 25.7 Å². The molecule has 1 rings (SSSR count). The van der Waals surface area contributed by atoms with Crippen molar-refractivity contribution in [2.45, 2.75) is 45.4 Å². The third-order valence-corrected chi connectivity index (χ3v) is 4.37. The van der Waals surface area contributed by atoms with E-state index in [1.165, 1.54) is 10.0 Å². The molecular weight excluding hydrogens is 320 g/mol. The van der Waals surface area contributed by atoms with Crippen molar-refractivity contribution < 1.29 is 9.59 Å². The Labute approximate surface area is 142 Å². The summed E-state index contributed by atoms with van der Waals surface area (Å²) in [7, 11) is 3.38. The molecule has 2 amide bonds. The van der Waals surface area contributed by atoms with E-state index in [2.05, 4.69) is 17.8 Å². The molecule has 0 aromatic heterocycles. The summed E-state index contributed by atoms with van der Waals surface area (Å²) in [5.41, 5.74) is 5.21. The highest BCUT2D eigenvalue weighted by Gasteiger charge is 2.29. The maximum Gasteiger partial charge on any atom is 0.248 e. The number of amides is 2. The molecule has 0 saturated heterocycles. The third-order valence-electron chi connectivity index (χ3n) is 3.28. The zero-order chi connectivity index (χ0) is 16.7. The van der Waals surface area contributed by atoms with Gasteiger partial charge in [0, 0.05) is 20.0 Å². The molecule has 1 aliphatic carbocycles. The van der Waals surface area contributed by atoms with Crippen LogP contribution in [0, 0.1) is 5.92 Å². The van der Waals surface area contributed by atoms with Crippen molar-refractivity contribution >= 4 is 46.2 Å². The van der Waals surface area contributed by atoms with Gasteiger partial charge in [-0.15, -0.1) is 0 Å². The van der Waals surface area contributed by atoms with E-state index in [-0.39, 0.29) is 6.42 Å². The first kappa shape index (κ1) is 18.8. The average Bonchev–Trinajstić information content (AvgIpc) is 3.27. The molecule has 1 saturated carbocycles. The van der Waals surface area contributed by atoms with Gasteiger partial charge in [-0.1, -0.05) is 37.8 Å². The molecule has 0 bridgehead atoms. The summed E-state index contributed by atoms with van der Waals surface area (Å²) >= 11 is 10.4. The number of hydrogen-bond donors (Lipinski definition) is 2. The van der Waals surface area contributed by atoms with Crippen LogP contribution in [0.1, 0.15) is 45.4 Å². The van der Waals surface area contributed by atoms with E-state index in [4.69, 9.17) is 24.4 Å². The molecule has 22 heavy (non-hydrogen) atoms. The lowest BCUT2D eigenvalue weighted by Crippen LogP contribution is -2.47. The average molecular weight is 345 g/mol. The number of nitrogens with zero attached hydrogens (tertiary/aromatic N) is 2. The number of hydrazine groups is 2. The molecule has 6 nitrogen and oxygen atoms in total. The highest BCUT2D eigenvalue weighted by Crippen LogP contribution is 2.31. The topological polar surface area (TPSA) is 64.7 Å². The fraction of sp³-hybridized carbons (Fsp3) is 0.714. The largest absolute Gasteiger partial charge is 0.282 e. The number of hydrogen-bond acceptors (Lipinski definition) is 4. The van der Waals surface area contributed by atoms with E-state index in [1.54, 1.807) is 14.1 Å². The van der Waals surface area contributed by atoms with Crippen molar-refractivity contribution in [2.75, 3.05) is 14.1 Å². The van der Waals surface area contributed by atoms with Crippen LogP contribution >= 0.6 is 24.4 Å². The lowest BCUT2D eigenvalue weighted by molar-refractivity contribution is -0.132. The molecule has 0 atom stereocenters. The van der Waals surface area contributed by atoms with Crippen LogP contribution in [0.15, 0.2) is 0 Å². The Balaban J connectivity index is 2.29. The Kier molecular flexibility index (Phi) is 7.67. The normalized spacial score (nSPS) is 13.2. The van der Waals surface area contributed by atoms with Gasteiger partial charge in [-0.2, -0.15) is 0 Å². The van der Waals surface area contributed by atoms with Crippen LogP contribution < -0.4 is 10.9 Å². The van der Waals surface area contributed by atoms with Gasteiger partial charge in [-0.3, -0.25) is 30.5 Å². The standard InChI is InChI=1S/C14H24N4O2S2/c1-4-5-6-13(21)17(2)15-11(19)9-12(20)16-18(3)14(22)10-7-8-10/h10H,4-9H2,1-3H3,(H,15,19)(H,16,20). The summed E-state index contributed by atoms with van der Waals surface area (Å²) in [6, 6.07) is 0. The number of carbonyl (C=O) groups excluding carboxylic acids is 2. The van der Waals surface area contributed by atoms with E-state index in [1.807, 2.05) is 0 Å². The maximum absolute atomic E-state index is 11.8. The summed E-state index contributed by atoms with van der Waals surface area (Å²) in [6.45, 7) is 2.08. The summed E-state index contributed by atoms with van der Waals surface area (Å²) < 4.78 is 0. The molecule has 0 aliphatic heterocycles. The predicted octanol–water partition coefficient (Wildman–Crippen LogP) is 1.56. The predicted molar refractivity (Wildman–Crippen MR) is 93.9 cm³/mol. The first-order chi connectivity index (χ1) is 10.3. The second kappa shape index (κ2) is 8.99. The molecule has 124 valence electrons. The van der Waals surface area contributed by atoms with Crippen molar-refractivity contribution in [1.29, 1.82) is 0 Å². The first-order valence-corrected chi connectivity index (χ1v) is 8.29. The Bertz CT molecular complexity index is 452. The minimum Gasteiger partial charge on any atom is -0.282 e. The van der Waals surface area contributed by atoms with Crippen molar-refractivity contribution in [3.63, 3.8) is 0 Å². The van der Waals surface area contributed by atoms with Gasteiger partial charge >= 0.3 is 0 Å². The lowest BCUT2D eigenvalue weighted by Gasteiger charge is -2.22. The zero-order valence-electron chi connectivity index (χ0n) is 13.3. The lowest BCUT2D eigenvalue weighted by atomic mass is 10.2. The van der Waals surface area contributed by atoms with Crippen molar-refractivity contribution in [1.82, 2.24) is 20.9 Å². The molecule has 1 fully saturated rings. The summed E-state index contributed by atoms with van der Waals surface area (Å²) in [6.07, 6.45) is 4.63. The van der Waals surface area contributed by atoms with Crippen LogP contribution in [0.2, 0.25) is 0 Å². The smallest absolute Gasteiger partial charge is 0.248 e. The number of nitrogens with one attached hydrogen (secondary N) is 2. The number of rotatable bonds is 6. The van der Waals surface area contributed by atoms with Gasteiger partial charge in [0.2, 0.25) is 11.8 Å². The van der Waals surface area contributed by atoms with Gasteiger partial charge in [-0.25, -0.2) is 0 Å². The molecule has 0 aromatic carbocycles. The zero-order valence-corrected chi connectivity index (χ0v) is 15.0. The second-order valence-corrected chi connectivity index (χ2v) is 6.36. The minimum atomic E-state index is -0.399. The molecule has 0 radical (unpaired) electrons. The van der Waals surface area contributed by atoms with Gasteiger partial charge in [0.1, 0.15) is 6.42 Å². The summed E-state index contributed by atoms with van der Waals surface area (Å²) in [5.74, 6) is -0.406. The van der Waals surface area contributed by atoms with Crippen molar-refractivity contribution in [3.05, 3.63) is 0 Å². The minimum absolute atomic E-state index is 0.266.